The van der Waals surface area contributed by atoms with Gasteiger partial charge in [0.1, 0.15) is 12.3 Å². The van der Waals surface area contributed by atoms with E-state index in [1.807, 2.05) is 0 Å². The molecule has 0 aromatic rings. The summed E-state index contributed by atoms with van der Waals surface area (Å²) in [6.07, 6.45) is -2.35. The number of fused-ring (bicyclic) bond motifs is 2. The number of hydrogen-bond donors (Lipinski definition) is 4. The van der Waals surface area contributed by atoms with Gasteiger partial charge in [-0.1, -0.05) is 0 Å². The number of halogens is 1. The fourth-order valence-corrected chi connectivity index (χ4v) is 4.49. The Morgan fingerprint density at radius 3 is 2.71 bits per heavy atom. The van der Waals surface area contributed by atoms with E-state index in [0.717, 1.165) is 0 Å². The zero-order valence-corrected chi connectivity index (χ0v) is 13.3. The van der Waals surface area contributed by atoms with Gasteiger partial charge in [-0.15, -0.1) is 4.28 Å². The van der Waals surface area contributed by atoms with Crippen LogP contribution in [0.5, 0.6) is 0 Å². The fourth-order valence-electron chi connectivity index (χ4n) is 4.11. The second-order valence-electron chi connectivity index (χ2n) is 6.31. The Balaban J connectivity index is 2.03. The Labute approximate surface area is 137 Å². The van der Waals surface area contributed by atoms with E-state index in [1.165, 1.54) is 0 Å². The smallest absolute Gasteiger partial charge is 0.418 e. The number of carboxylic acids is 1. The number of carbonyl (C=O) groups is 2. The largest absolute Gasteiger partial charge is 0.481 e. The molecule has 0 radical (unpaired) electrons. The van der Waals surface area contributed by atoms with Gasteiger partial charge in [0.05, 0.1) is 11.3 Å². The van der Waals surface area contributed by atoms with Crippen LogP contribution in [0.25, 0.3) is 0 Å². The van der Waals surface area contributed by atoms with E-state index in [0.29, 0.717) is 11.6 Å². The summed E-state index contributed by atoms with van der Waals surface area (Å²) in [5.74, 6) is -4.39. The molecule has 1 unspecified atom stereocenters. The number of hydroxylamine groups is 2. The minimum atomic E-state index is -4.98. The summed E-state index contributed by atoms with van der Waals surface area (Å²) in [6.45, 7) is 0.371. The van der Waals surface area contributed by atoms with Gasteiger partial charge in [0.2, 0.25) is 0 Å². The van der Waals surface area contributed by atoms with Crippen molar-refractivity contribution in [3.8, 4) is 0 Å². The highest BCUT2D eigenvalue weighted by Crippen LogP contribution is 2.52. The molecule has 1 amide bonds. The Kier molecular flexibility index (Phi) is 4.28. The molecule has 3 fully saturated rings. The molecule has 0 spiro atoms. The zero-order chi connectivity index (χ0) is 17.7. The molecular formula is C12H18FN3O7S. The van der Waals surface area contributed by atoms with E-state index >= 15 is 0 Å². The lowest BCUT2D eigenvalue weighted by atomic mass is 9.61. The first kappa shape index (κ1) is 17.5. The molecule has 0 saturated carbocycles. The molecule has 4 N–H and O–H groups in total. The molecule has 0 aromatic heterocycles. The van der Waals surface area contributed by atoms with Gasteiger partial charge in [0.15, 0.2) is 0 Å². The van der Waals surface area contributed by atoms with E-state index in [2.05, 4.69) is 14.9 Å². The molecule has 136 valence electrons. The van der Waals surface area contributed by atoms with Gasteiger partial charge < -0.3 is 10.4 Å². The van der Waals surface area contributed by atoms with Crippen molar-refractivity contribution < 1.29 is 36.3 Å². The molecule has 3 aliphatic heterocycles. The maximum Gasteiger partial charge on any atom is 0.418 e. The van der Waals surface area contributed by atoms with E-state index in [9.17, 15) is 27.5 Å². The third kappa shape index (κ3) is 2.67. The van der Waals surface area contributed by atoms with Gasteiger partial charge in [-0.3, -0.25) is 19.5 Å². The minimum Gasteiger partial charge on any atom is -0.481 e. The van der Waals surface area contributed by atoms with Crippen molar-refractivity contribution >= 4 is 22.3 Å². The van der Waals surface area contributed by atoms with Crippen molar-refractivity contribution in [1.29, 1.82) is 0 Å². The molecule has 0 aromatic carbocycles. The van der Waals surface area contributed by atoms with Gasteiger partial charge in [-0.05, 0) is 19.4 Å². The van der Waals surface area contributed by atoms with Crippen LogP contribution in [0.2, 0.25) is 0 Å². The molecule has 10 nitrogen and oxygen atoms in total. The van der Waals surface area contributed by atoms with Crippen LogP contribution in [0.1, 0.15) is 12.8 Å². The van der Waals surface area contributed by atoms with Crippen LogP contribution in [-0.4, -0.2) is 67.0 Å². The maximum absolute atomic E-state index is 14.5. The monoisotopic (exact) mass is 367 g/mol. The number of nitrogens with one attached hydrogen (secondary N) is 2. The van der Waals surface area contributed by atoms with Crippen molar-refractivity contribution in [3.05, 3.63) is 0 Å². The van der Waals surface area contributed by atoms with Crippen LogP contribution in [0, 0.1) is 17.3 Å². The molecule has 3 rings (SSSR count). The highest BCUT2D eigenvalue weighted by Gasteiger charge is 2.67. The first-order chi connectivity index (χ1) is 11.2. The maximum atomic E-state index is 14.5. The highest BCUT2D eigenvalue weighted by atomic mass is 32.3. The van der Waals surface area contributed by atoms with Crippen LogP contribution in [0.15, 0.2) is 0 Å². The van der Waals surface area contributed by atoms with Crippen molar-refractivity contribution in [2.24, 2.45) is 17.3 Å². The molecule has 0 aliphatic carbocycles. The summed E-state index contributed by atoms with van der Waals surface area (Å²) >= 11 is 0. The van der Waals surface area contributed by atoms with Gasteiger partial charge in [-0.2, -0.15) is 13.5 Å². The summed E-state index contributed by atoms with van der Waals surface area (Å²) in [6, 6.07) is 0. The summed E-state index contributed by atoms with van der Waals surface area (Å²) in [4.78, 5) is 24.5. The van der Waals surface area contributed by atoms with Crippen LogP contribution >= 0.6 is 0 Å². The lowest BCUT2D eigenvalue weighted by Gasteiger charge is -2.44. The number of carbonyl (C=O) groups excluding carboxylic acids is 1. The van der Waals surface area contributed by atoms with Crippen molar-refractivity contribution in [3.63, 3.8) is 0 Å². The van der Waals surface area contributed by atoms with Crippen molar-refractivity contribution in [2.45, 2.75) is 25.2 Å². The van der Waals surface area contributed by atoms with Crippen LogP contribution in [0.3, 0.4) is 0 Å². The number of nitrogens with zero attached hydrogens (tertiary/aromatic N) is 1. The van der Waals surface area contributed by atoms with Gasteiger partial charge in [0.25, 0.3) is 5.91 Å². The molecule has 24 heavy (non-hydrogen) atoms. The zero-order valence-electron chi connectivity index (χ0n) is 12.5. The standard InChI is InChI=1S/C12H18FN3O7S/c13-8-1-2-14-4-6(8)12-3-9(15-5-7(12)10(17)18)16(11(12)19)23-24(20,21)22/h6-9,14-15H,1-5H2,(H,17,18)(H,20,21,22)/t6-,7-,8-,9+,12?/m0/s1. The Hall–Kier alpha value is -1.34. The lowest BCUT2D eigenvalue weighted by Crippen LogP contribution is -2.59. The first-order valence-corrected chi connectivity index (χ1v) is 8.85. The summed E-state index contributed by atoms with van der Waals surface area (Å²) in [5.41, 5.74) is -1.64. The number of piperidine rings is 2. The molecule has 2 bridgehead atoms. The van der Waals surface area contributed by atoms with Crippen LogP contribution in [0.4, 0.5) is 4.39 Å². The first-order valence-electron chi connectivity index (χ1n) is 7.48. The topological polar surface area (TPSA) is 145 Å². The number of amides is 1. The number of alkyl halides is 1. The summed E-state index contributed by atoms with van der Waals surface area (Å²) in [5, 5.41) is 15.6. The second-order valence-corrected chi connectivity index (χ2v) is 7.31. The quantitative estimate of drug-likeness (QED) is 0.437. The molecule has 3 aliphatic rings. The molecule has 5 atom stereocenters. The number of aliphatic carboxylic acids is 1. The fraction of sp³-hybridized carbons (Fsp3) is 0.833. The summed E-state index contributed by atoms with van der Waals surface area (Å²) in [7, 11) is -4.98. The predicted octanol–water partition coefficient (Wildman–Crippen LogP) is -1.48. The van der Waals surface area contributed by atoms with Gasteiger partial charge in [0, 0.05) is 19.0 Å². The Bertz CT molecular complexity index is 659. The van der Waals surface area contributed by atoms with Gasteiger partial charge >= 0.3 is 16.4 Å². The lowest BCUT2D eigenvalue weighted by molar-refractivity contribution is -0.170. The van der Waals surface area contributed by atoms with Gasteiger partial charge in [-0.25, -0.2) is 4.39 Å². The van der Waals surface area contributed by atoms with Crippen LogP contribution in [-0.2, 0) is 24.3 Å². The van der Waals surface area contributed by atoms with E-state index in [1.54, 1.807) is 0 Å². The molecule has 12 heteroatoms. The predicted molar refractivity (Wildman–Crippen MR) is 75.3 cm³/mol. The summed E-state index contributed by atoms with van der Waals surface area (Å²) < 4.78 is 49.7. The molecule has 3 saturated heterocycles. The van der Waals surface area contributed by atoms with E-state index in [-0.39, 0.29) is 25.9 Å². The van der Waals surface area contributed by atoms with Crippen molar-refractivity contribution in [2.75, 3.05) is 19.6 Å². The van der Waals surface area contributed by atoms with Crippen molar-refractivity contribution in [1.82, 2.24) is 15.7 Å². The molecular weight excluding hydrogens is 349 g/mol. The van der Waals surface area contributed by atoms with E-state index < -0.39 is 51.9 Å². The average molecular weight is 367 g/mol. The average Bonchev–Trinajstić information content (AvgIpc) is 2.68. The minimum absolute atomic E-state index is 0.100. The SMILES string of the molecule is O=C(O)[C@@H]1CN[C@H]2CC1([C@H]1CNCC[C@@H]1F)C(=O)N2OS(=O)(=O)O. The Morgan fingerprint density at radius 2 is 2.12 bits per heavy atom. The molecule has 3 heterocycles. The van der Waals surface area contributed by atoms with E-state index in [4.69, 9.17) is 4.55 Å². The third-order valence-corrected chi connectivity index (χ3v) is 5.47. The normalized spacial score (nSPS) is 39.9. The third-order valence-electron chi connectivity index (χ3n) is 5.12. The number of rotatable bonds is 4. The number of carboxylic acid groups (broad SMARTS) is 1. The van der Waals surface area contributed by atoms with Crippen LogP contribution < -0.4 is 10.6 Å². The highest BCUT2D eigenvalue weighted by molar-refractivity contribution is 7.80. The number of hydrogen-bond acceptors (Lipinski definition) is 7. The Morgan fingerprint density at radius 1 is 1.42 bits per heavy atom. The second kappa shape index (κ2) is 5.88.